The lowest BCUT2D eigenvalue weighted by molar-refractivity contribution is 0.435. The molecule has 14 heavy (non-hydrogen) atoms. The number of hydrogen-bond donors (Lipinski definition) is 1. The molecular formula is C10H18N4. The second kappa shape index (κ2) is 3.35. The second-order valence-electron chi connectivity index (χ2n) is 4.64. The smallest absolute Gasteiger partial charge is 0.140 e. The molecule has 1 aromatic rings. The molecule has 1 fully saturated rings. The highest BCUT2D eigenvalue weighted by atomic mass is 15.3. The molecule has 0 aromatic carbocycles. The lowest BCUT2D eigenvalue weighted by Gasteiger charge is -2.23. The molecule has 2 rings (SSSR count). The topological polar surface area (TPSA) is 42.7 Å². The van der Waals surface area contributed by atoms with Gasteiger partial charge in [0.1, 0.15) is 12.2 Å². The summed E-state index contributed by atoms with van der Waals surface area (Å²) >= 11 is 0. The Kier molecular flexibility index (Phi) is 2.31. The summed E-state index contributed by atoms with van der Waals surface area (Å²) in [6, 6.07) is 0.442. The van der Waals surface area contributed by atoms with Gasteiger partial charge >= 0.3 is 0 Å². The first kappa shape index (κ1) is 9.65. The van der Waals surface area contributed by atoms with Gasteiger partial charge in [-0.1, -0.05) is 6.92 Å². The van der Waals surface area contributed by atoms with Crippen LogP contribution in [0.5, 0.6) is 0 Å². The fourth-order valence-corrected chi connectivity index (χ4v) is 2.06. The van der Waals surface area contributed by atoms with Crippen molar-refractivity contribution in [2.75, 3.05) is 13.1 Å². The molecule has 0 radical (unpaired) electrons. The Morgan fingerprint density at radius 3 is 2.93 bits per heavy atom. The van der Waals surface area contributed by atoms with E-state index in [1.807, 2.05) is 6.33 Å². The Morgan fingerprint density at radius 2 is 2.36 bits per heavy atom. The number of hydrogen-bond acceptors (Lipinski definition) is 3. The van der Waals surface area contributed by atoms with Crippen molar-refractivity contribution in [1.82, 2.24) is 20.1 Å². The monoisotopic (exact) mass is 194 g/mol. The van der Waals surface area contributed by atoms with Gasteiger partial charge in [-0.15, -0.1) is 10.2 Å². The molecule has 1 aliphatic heterocycles. The van der Waals surface area contributed by atoms with Crippen molar-refractivity contribution in [3.63, 3.8) is 0 Å². The molecule has 1 aliphatic rings. The van der Waals surface area contributed by atoms with E-state index in [1.165, 1.54) is 0 Å². The molecule has 2 heterocycles. The van der Waals surface area contributed by atoms with Crippen LogP contribution in [0.25, 0.3) is 0 Å². The van der Waals surface area contributed by atoms with Crippen molar-refractivity contribution in [2.45, 2.75) is 38.6 Å². The Labute approximate surface area is 84.7 Å². The molecule has 1 aromatic heterocycles. The van der Waals surface area contributed by atoms with Gasteiger partial charge in [0, 0.05) is 18.0 Å². The molecule has 4 heteroatoms. The Bertz CT molecular complexity index is 310. The molecule has 1 N–H and O–H groups in total. The summed E-state index contributed by atoms with van der Waals surface area (Å²) in [5.74, 6) is 1.12. The Hall–Kier alpha value is -0.900. The van der Waals surface area contributed by atoms with Gasteiger partial charge in [0.05, 0.1) is 0 Å². The fourth-order valence-electron chi connectivity index (χ4n) is 2.06. The van der Waals surface area contributed by atoms with Crippen LogP contribution in [-0.4, -0.2) is 27.9 Å². The maximum atomic E-state index is 4.26. The summed E-state index contributed by atoms with van der Waals surface area (Å²) in [5.41, 5.74) is 0.167. The van der Waals surface area contributed by atoms with Gasteiger partial charge in [-0.2, -0.15) is 0 Å². The van der Waals surface area contributed by atoms with Crippen molar-refractivity contribution in [3.05, 3.63) is 12.2 Å². The normalized spacial score (nSPS) is 27.4. The minimum Gasteiger partial charge on any atom is -0.316 e. The van der Waals surface area contributed by atoms with Crippen LogP contribution in [0.4, 0.5) is 0 Å². The summed E-state index contributed by atoms with van der Waals surface area (Å²) in [5, 5.41) is 11.7. The second-order valence-corrected chi connectivity index (χ2v) is 4.64. The minimum atomic E-state index is 0.167. The third kappa shape index (κ3) is 1.43. The van der Waals surface area contributed by atoms with Gasteiger partial charge < -0.3 is 9.88 Å². The number of rotatable bonds is 2. The summed E-state index contributed by atoms with van der Waals surface area (Å²) < 4.78 is 2.17. The van der Waals surface area contributed by atoms with Crippen molar-refractivity contribution < 1.29 is 0 Å². The zero-order valence-electron chi connectivity index (χ0n) is 9.12. The average Bonchev–Trinajstić information content (AvgIpc) is 2.71. The molecule has 1 saturated heterocycles. The van der Waals surface area contributed by atoms with Crippen LogP contribution in [0.15, 0.2) is 6.33 Å². The van der Waals surface area contributed by atoms with Crippen LogP contribution in [0.2, 0.25) is 0 Å². The molecule has 0 aliphatic carbocycles. The zero-order chi connectivity index (χ0) is 10.2. The third-order valence-corrected chi connectivity index (χ3v) is 3.04. The summed E-state index contributed by atoms with van der Waals surface area (Å²) in [4.78, 5) is 0. The molecule has 0 spiro atoms. The van der Waals surface area contributed by atoms with Crippen LogP contribution in [0.1, 0.15) is 39.1 Å². The van der Waals surface area contributed by atoms with Gasteiger partial charge in [-0.3, -0.25) is 0 Å². The highest BCUT2D eigenvalue weighted by Gasteiger charge is 2.35. The van der Waals surface area contributed by atoms with E-state index in [1.54, 1.807) is 0 Å². The fraction of sp³-hybridized carbons (Fsp3) is 0.800. The van der Waals surface area contributed by atoms with E-state index in [9.17, 15) is 0 Å². The molecule has 1 atom stereocenters. The van der Waals surface area contributed by atoms with Crippen LogP contribution in [-0.2, 0) is 5.41 Å². The predicted octanol–water partition coefficient (Wildman–Crippen LogP) is 1.11. The molecule has 1 unspecified atom stereocenters. The van der Waals surface area contributed by atoms with E-state index < -0.39 is 0 Å². The number of nitrogens with zero attached hydrogens (tertiary/aromatic N) is 3. The molecule has 0 amide bonds. The Balaban J connectivity index is 2.35. The largest absolute Gasteiger partial charge is 0.316 e. The quantitative estimate of drug-likeness (QED) is 0.767. The van der Waals surface area contributed by atoms with E-state index in [0.29, 0.717) is 6.04 Å². The summed E-state index contributed by atoms with van der Waals surface area (Å²) in [6.07, 6.45) is 2.99. The van der Waals surface area contributed by atoms with Gasteiger partial charge in [-0.05, 0) is 26.8 Å². The molecular weight excluding hydrogens is 176 g/mol. The minimum absolute atomic E-state index is 0.167. The van der Waals surface area contributed by atoms with Crippen molar-refractivity contribution >= 4 is 0 Å². The van der Waals surface area contributed by atoms with E-state index >= 15 is 0 Å². The van der Waals surface area contributed by atoms with Crippen LogP contribution >= 0.6 is 0 Å². The van der Waals surface area contributed by atoms with Gasteiger partial charge in [0.15, 0.2) is 0 Å². The van der Waals surface area contributed by atoms with Gasteiger partial charge in [0.2, 0.25) is 0 Å². The van der Waals surface area contributed by atoms with E-state index in [-0.39, 0.29) is 5.41 Å². The van der Waals surface area contributed by atoms with Gasteiger partial charge in [-0.25, -0.2) is 0 Å². The number of nitrogens with one attached hydrogen (secondary N) is 1. The van der Waals surface area contributed by atoms with Crippen LogP contribution < -0.4 is 5.32 Å². The lowest BCUT2D eigenvalue weighted by atomic mass is 9.88. The van der Waals surface area contributed by atoms with Crippen LogP contribution in [0, 0.1) is 0 Å². The Morgan fingerprint density at radius 1 is 1.57 bits per heavy atom. The summed E-state index contributed by atoms with van der Waals surface area (Å²) in [6.45, 7) is 8.69. The van der Waals surface area contributed by atoms with Crippen molar-refractivity contribution in [1.29, 1.82) is 0 Å². The summed E-state index contributed by atoms with van der Waals surface area (Å²) in [7, 11) is 0. The van der Waals surface area contributed by atoms with E-state index in [2.05, 4.69) is 40.9 Å². The lowest BCUT2D eigenvalue weighted by Crippen LogP contribution is -2.29. The highest BCUT2D eigenvalue weighted by Crippen LogP contribution is 2.29. The van der Waals surface area contributed by atoms with Crippen molar-refractivity contribution in [2.24, 2.45) is 0 Å². The maximum Gasteiger partial charge on any atom is 0.140 e. The van der Waals surface area contributed by atoms with Gasteiger partial charge in [0.25, 0.3) is 0 Å². The van der Waals surface area contributed by atoms with Crippen LogP contribution in [0.3, 0.4) is 0 Å². The average molecular weight is 194 g/mol. The molecule has 4 nitrogen and oxygen atoms in total. The molecule has 78 valence electrons. The van der Waals surface area contributed by atoms with E-state index in [0.717, 1.165) is 25.3 Å². The number of aromatic nitrogens is 3. The SMILES string of the molecule is CC(C)n1cnnc1C1(C)CCNC1. The first-order chi connectivity index (χ1) is 6.63. The first-order valence-electron chi connectivity index (χ1n) is 5.24. The first-order valence-corrected chi connectivity index (χ1v) is 5.24. The van der Waals surface area contributed by atoms with E-state index in [4.69, 9.17) is 0 Å². The maximum absolute atomic E-state index is 4.26. The standard InChI is InChI=1S/C10H18N4/c1-8(2)14-7-12-13-9(14)10(3)4-5-11-6-10/h7-8,11H,4-6H2,1-3H3. The molecule has 0 saturated carbocycles. The predicted molar refractivity (Wildman–Crippen MR) is 55.2 cm³/mol. The zero-order valence-corrected chi connectivity index (χ0v) is 9.12. The van der Waals surface area contributed by atoms with Crippen molar-refractivity contribution in [3.8, 4) is 0 Å². The third-order valence-electron chi connectivity index (χ3n) is 3.04. The highest BCUT2D eigenvalue weighted by molar-refractivity contribution is 5.11. The molecule has 0 bridgehead atoms.